The maximum Gasteiger partial charge on any atom is 0.313 e. The summed E-state index contributed by atoms with van der Waals surface area (Å²) in [5.41, 5.74) is 5.22. The molecule has 0 aliphatic heterocycles. The predicted molar refractivity (Wildman–Crippen MR) is 63.9 cm³/mol. The molecule has 1 atom stereocenters. The molecule has 0 saturated heterocycles. The Labute approximate surface area is 101 Å². The molecular weight excluding hydrogens is 221 g/mol. The van der Waals surface area contributed by atoms with Gasteiger partial charge in [0.2, 0.25) is 0 Å². The van der Waals surface area contributed by atoms with Gasteiger partial charge in [0.15, 0.2) is 0 Å². The highest BCUT2D eigenvalue weighted by molar-refractivity contribution is 5.77. The van der Waals surface area contributed by atoms with E-state index in [0.717, 1.165) is 0 Å². The number of esters is 1. The van der Waals surface area contributed by atoms with Crippen LogP contribution in [0.25, 0.3) is 0 Å². The van der Waals surface area contributed by atoms with E-state index in [1.54, 1.807) is 32.0 Å². The number of hydrogen-bond donors (Lipinski definition) is 1. The van der Waals surface area contributed by atoms with Crippen molar-refractivity contribution in [2.75, 3.05) is 13.2 Å². The summed E-state index contributed by atoms with van der Waals surface area (Å²) in [7, 11) is 0. The largest absolute Gasteiger partial charge is 0.466 e. The maximum absolute atomic E-state index is 13.5. The molecule has 17 heavy (non-hydrogen) atoms. The van der Waals surface area contributed by atoms with Gasteiger partial charge in [-0.3, -0.25) is 4.79 Å². The lowest BCUT2D eigenvalue weighted by Crippen LogP contribution is -2.39. The van der Waals surface area contributed by atoms with Crippen LogP contribution in [0.3, 0.4) is 0 Å². The second-order valence-electron chi connectivity index (χ2n) is 4.25. The van der Waals surface area contributed by atoms with Crippen molar-refractivity contribution in [3.05, 3.63) is 35.6 Å². The van der Waals surface area contributed by atoms with Crippen LogP contribution >= 0.6 is 0 Å². The average molecular weight is 239 g/mol. The van der Waals surface area contributed by atoms with E-state index in [1.807, 2.05) is 0 Å². The summed E-state index contributed by atoms with van der Waals surface area (Å²) in [5, 5.41) is 0. The van der Waals surface area contributed by atoms with Crippen LogP contribution in [0, 0.1) is 11.2 Å². The molecule has 4 heteroatoms. The second kappa shape index (κ2) is 5.77. The van der Waals surface area contributed by atoms with Crippen LogP contribution in [0.1, 0.15) is 19.4 Å². The van der Waals surface area contributed by atoms with Crippen molar-refractivity contribution in [1.29, 1.82) is 0 Å². The van der Waals surface area contributed by atoms with Crippen LogP contribution in [0.4, 0.5) is 4.39 Å². The SMILES string of the molecule is CCOC(=O)C(C)(CN)Cc1ccccc1F. The second-order valence-corrected chi connectivity index (χ2v) is 4.25. The first-order chi connectivity index (χ1) is 8.03. The Bertz CT molecular complexity index is 395. The predicted octanol–water partition coefficient (Wildman–Crippen LogP) is 1.90. The molecule has 0 amide bonds. The molecule has 0 spiro atoms. The number of benzene rings is 1. The van der Waals surface area contributed by atoms with Gasteiger partial charge in [-0.05, 0) is 31.9 Å². The molecule has 0 aliphatic rings. The monoisotopic (exact) mass is 239 g/mol. The number of carbonyl (C=O) groups excluding carboxylic acids is 1. The number of carbonyl (C=O) groups is 1. The van der Waals surface area contributed by atoms with Gasteiger partial charge in [-0.25, -0.2) is 4.39 Å². The Morgan fingerprint density at radius 1 is 1.47 bits per heavy atom. The summed E-state index contributed by atoms with van der Waals surface area (Å²) >= 11 is 0. The highest BCUT2D eigenvalue weighted by atomic mass is 19.1. The van der Waals surface area contributed by atoms with Crippen molar-refractivity contribution in [2.45, 2.75) is 20.3 Å². The summed E-state index contributed by atoms with van der Waals surface area (Å²) in [4.78, 5) is 11.8. The Balaban J connectivity index is 2.89. The van der Waals surface area contributed by atoms with E-state index in [1.165, 1.54) is 6.07 Å². The Kier molecular flexibility index (Phi) is 4.63. The van der Waals surface area contributed by atoms with Gasteiger partial charge in [-0.15, -0.1) is 0 Å². The molecule has 94 valence electrons. The molecule has 1 rings (SSSR count). The van der Waals surface area contributed by atoms with E-state index < -0.39 is 5.41 Å². The zero-order valence-corrected chi connectivity index (χ0v) is 10.2. The molecule has 1 aromatic carbocycles. The number of rotatable bonds is 5. The smallest absolute Gasteiger partial charge is 0.313 e. The standard InChI is InChI=1S/C13H18FNO2/c1-3-17-12(16)13(2,9-15)8-10-6-4-5-7-11(10)14/h4-7H,3,8-9,15H2,1-2H3. The molecule has 0 aliphatic carbocycles. The Morgan fingerprint density at radius 2 is 2.12 bits per heavy atom. The number of hydrogen-bond acceptors (Lipinski definition) is 3. The lowest BCUT2D eigenvalue weighted by molar-refractivity contribution is -0.153. The zero-order valence-electron chi connectivity index (χ0n) is 10.2. The normalized spacial score (nSPS) is 14.1. The third kappa shape index (κ3) is 3.27. The highest BCUT2D eigenvalue weighted by Crippen LogP contribution is 2.24. The Morgan fingerprint density at radius 3 is 2.65 bits per heavy atom. The van der Waals surface area contributed by atoms with Crippen molar-refractivity contribution in [3.8, 4) is 0 Å². The van der Waals surface area contributed by atoms with Crippen molar-refractivity contribution in [1.82, 2.24) is 0 Å². The van der Waals surface area contributed by atoms with Crippen LogP contribution in [-0.4, -0.2) is 19.1 Å². The topological polar surface area (TPSA) is 52.3 Å². The van der Waals surface area contributed by atoms with E-state index >= 15 is 0 Å². The summed E-state index contributed by atoms with van der Waals surface area (Å²) < 4.78 is 18.5. The van der Waals surface area contributed by atoms with Crippen LogP contribution in [-0.2, 0) is 16.0 Å². The van der Waals surface area contributed by atoms with Crippen LogP contribution in [0.15, 0.2) is 24.3 Å². The van der Waals surface area contributed by atoms with Crippen molar-refractivity contribution < 1.29 is 13.9 Å². The van der Waals surface area contributed by atoms with Crippen LogP contribution < -0.4 is 5.73 Å². The minimum Gasteiger partial charge on any atom is -0.466 e. The lowest BCUT2D eigenvalue weighted by Gasteiger charge is -2.25. The van der Waals surface area contributed by atoms with Gasteiger partial charge >= 0.3 is 5.97 Å². The molecule has 0 fully saturated rings. The summed E-state index contributed by atoms with van der Waals surface area (Å²) in [6.07, 6.45) is 0.245. The minimum atomic E-state index is -0.877. The third-order valence-electron chi connectivity index (χ3n) is 2.76. The molecule has 0 aromatic heterocycles. The molecule has 1 unspecified atom stereocenters. The minimum absolute atomic E-state index is 0.125. The van der Waals surface area contributed by atoms with E-state index in [9.17, 15) is 9.18 Å². The van der Waals surface area contributed by atoms with Gasteiger partial charge in [0.25, 0.3) is 0 Å². The molecule has 1 aromatic rings. The molecule has 2 N–H and O–H groups in total. The van der Waals surface area contributed by atoms with Gasteiger partial charge in [0.05, 0.1) is 12.0 Å². The third-order valence-corrected chi connectivity index (χ3v) is 2.76. The van der Waals surface area contributed by atoms with Gasteiger partial charge in [0, 0.05) is 6.54 Å². The van der Waals surface area contributed by atoms with Gasteiger partial charge in [0.1, 0.15) is 5.82 Å². The van der Waals surface area contributed by atoms with Crippen molar-refractivity contribution in [3.63, 3.8) is 0 Å². The quantitative estimate of drug-likeness (QED) is 0.798. The number of ether oxygens (including phenoxy) is 1. The summed E-state index contributed by atoms with van der Waals surface area (Å²) in [6, 6.07) is 6.38. The fourth-order valence-corrected chi connectivity index (χ4v) is 1.60. The van der Waals surface area contributed by atoms with E-state index in [0.29, 0.717) is 12.2 Å². The first kappa shape index (κ1) is 13.6. The lowest BCUT2D eigenvalue weighted by atomic mass is 9.83. The average Bonchev–Trinajstić information content (AvgIpc) is 2.32. The molecular formula is C13H18FNO2. The summed E-state index contributed by atoms with van der Waals surface area (Å²) in [5.74, 6) is -0.706. The summed E-state index contributed by atoms with van der Waals surface area (Å²) in [6.45, 7) is 3.85. The van der Waals surface area contributed by atoms with Gasteiger partial charge < -0.3 is 10.5 Å². The van der Waals surface area contributed by atoms with Crippen molar-refractivity contribution in [2.24, 2.45) is 11.1 Å². The molecule has 0 bridgehead atoms. The van der Waals surface area contributed by atoms with Gasteiger partial charge in [-0.2, -0.15) is 0 Å². The van der Waals surface area contributed by atoms with Gasteiger partial charge in [-0.1, -0.05) is 18.2 Å². The van der Waals surface area contributed by atoms with E-state index in [-0.39, 0.29) is 24.8 Å². The first-order valence-corrected chi connectivity index (χ1v) is 5.64. The van der Waals surface area contributed by atoms with Crippen molar-refractivity contribution >= 4 is 5.97 Å². The molecule has 0 saturated carbocycles. The number of nitrogens with two attached hydrogens (primary N) is 1. The number of halogens is 1. The maximum atomic E-state index is 13.5. The van der Waals surface area contributed by atoms with Crippen LogP contribution in [0.5, 0.6) is 0 Å². The molecule has 3 nitrogen and oxygen atoms in total. The fourth-order valence-electron chi connectivity index (χ4n) is 1.60. The fraction of sp³-hybridized carbons (Fsp3) is 0.462. The van der Waals surface area contributed by atoms with E-state index in [2.05, 4.69) is 0 Å². The molecule has 0 heterocycles. The van der Waals surface area contributed by atoms with E-state index in [4.69, 9.17) is 10.5 Å². The zero-order chi connectivity index (χ0) is 12.9. The van der Waals surface area contributed by atoms with Crippen LogP contribution in [0.2, 0.25) is 0 Å². The first-order valence-electron chi connectivity index (χ1n) is 5.64. The Hall–Kier alpha value is -1.42. The highest BCUT2D eigenvalue weighted by Gasteiger charge is 2.34. The molecule has 0 radical (unpaired) electrons.